The topological polar surface area (TPSA) is 80.3 Å². The summed E-state index contributed by atoms with van der Waals surface area (Å²) in [6, 6.07) is 9.34. The van der Waals surface area contributed by atoms with E-state index >= 15 is 0 Å². The molecule has 0 atom stereocenters. The summed E-state index contributed by atoms with van der Waals surface area (Å²) in [7, 11) is 0. The van der Waals surface area contributed by atoms with E-state index in [1.807, 2.05) is 0 Å². The average Bonchev–Trinajstić information content (AvgIpc) is 2.27. The standard InChI is InChI=1S/C12H8O4.Ag/c13-11(14)9-6-5-7-3-1-2-4-8(7)10(9)12(15)16;/h1-6H,(H,13,14)(H,15,16);/p-2. The van der Waals surface area contributed by atoms with Gasteiger partial charge in [-0.1, -0.05) is 36.4 Å². The molecular formula is C12H6AgO4-2. The molecule has 17 heavy (non-hydrogen) atoms. The molecule has 91 valence electrons. The molecule has 0 saturated heterocycles. The predicted molar refractivity (Wildman–Crippen MR) is 52.6 cm³/mol. The van der Waals surface area contributed by atoms with Gasteiger partial charge < -0.3 is 19.8 Å². The van der Waals surface area contributed by atoms with Crippen LogP contribution in [0, 0.1) is 0 Å². The van der Waals surface area contributed by atoms with Gasteiger partial charge in [-0.05, 0) is 10.8 Å². The number of benzene rings is 2. The van der Waals surface area contributed by atoms with E-state index in [0.29, 0.717) is 10.8 Å². The van der Waals surface area contributed by atoms with Crippen molar-refractivity contribution in [3.8, 4) is 0 Å². The van der Waals surface area contributed by atoms with Crippen molar-refractivity contribution in [1.82, 2.24) is 0 Å². The predicted octanol–water partition coefficient (Wildman–Crippen LogP) is -0.436. The van der Waals surface area contributed by atoms with Crippen molar-refractivity contribution in [3.05, 3.63) is 47.5 Å². The Morgan fingerprint density at radius 1 is 0.882 bits per heavy atom. The van der Waals surface area contributed by atoms with Crippen LogP contribution < -0.4 is 10.2 Å². The molecule has 2 aromatic carbocycles. The summed E-state index contributed by atoms with van der Waals surface area (Å²) in [5, 5.41) is 22.7. The average molecular weight is 322 g/mol. The third-order valence-electron chi connectivity index (χ3n) is 2.35. The number of carbonyl (C=O) groups is 2. The number of hydrogen-bond donors (Lipinski definition) is 0. The molecule has 2 aromatic rings. The SMILES string of the molecule is O=C([O-])c1ccc2ccccc2c1C(=O)[O-].[Ag]. The summed E-state index contributed by atoms with van der Waals surface area (Å²) >= 11 is 0. The molecule has 0 saturated carbocycles. The van der Waals surface area contributed by atoms with Gasteiger partial charge in [0, 0.05) is 33.5 Å². The summed E-state index contributed by atoms with van der Waals surface area (Å²) < 4.78 is 0. The Kier molecular flexibility index (Phi) is 4.07. The number of carbonyl (C=O) groups excluding carboxylic acids is 2. The molecule has 0 heterocycles. The first-order chi connectivity index (χ1) is 7.61. The van der Waals surface area contributed by atoms with Crippen LogP contribution in [0.1, 0.15) is 20.7 Å². The quantitative estimate of drug-likeness (QED) is 0.703. The maximum absolute atomic E-state index is 10.9. The van der Waals surface area contributed by atoms with Gasteiger partial charge in [0.1, 0.15) is 0 Å². The largest absolute Gasteiger partial charge is 0.545 e. The normalized spacial score (nSPS) is 9.65. The van der Waals surface area contributed by atoms with Gasteiger partial charge in [0.2, 0.25) is 0 Å². The maximum atomic E-state index is 10.9. The van der Waals surface area contributed by atoms with Gasteiger partial charge >= 0.3 is 0 Å². The zero-order valence-electron chi connectivity index (χ0n) is 8.40. The molecule has 0 fully saturated rings. The first-order valence-electron chi connectivity index (χ1n) is 4.55. The summed E-state index contributed by atoms with van der Waals surface area (Å²) in [6.45, 7) is 0. The van der Waals surface area contributed by atoms with Gasteiger partial charge in [0.25, 0.3) is 0 Å². The molecule has 0 aliphatic rings. The molecule has 0 N–H and O–H groups in total. The van der Waals surface area contributed by atoms with Crippen molar-refractivity contribution in [2.75, 3.05) is 0 Å². The van der Waals surface area contributed by atoms with Gasteiger partial charge in [0.15, 0.2) is 0 Å². The minimum Gasteiger partial charge on any atom is -0.545 e. The minimum atomic E-state index is -1.52. The van der Waals surface area contributed by atoms with Crippen LogP contribution in [0.25, 0.3) is 10.8 Å². The van der Waals surface area contributed by atoms with Crippen molar-refractivity contribution < 1.29 is 42.2 Å². The van der Waals surface area contributed by atoms with Crippen molar-refractivity contribution in [2.24, 2.45) is 0 Å². The van der Waals surface area contributed by atoms with E-state index in [9.17, 15) is 19.8 Å². The van der Waals surface area contributed by atoms with E-state index in [0.717, 1.165) is 0 Å². The monoisotopic (exact) mass is 321 g/mol. The molecule has 1 radical (unpaired) electrons. The van der Waals surface area contributed by atoms with Crippen molar-refractivity contribution in [3.63, 3.8) is 0 Å². The number of aromatic carboxylic acids is 2. The Hall–Kier alpha value is -1.62. The Morgan fingerprint density at radius 3 is 2.12 bits per heavy atom. The second-order valence-corrected chi connectivity index (χ2v) is 3.28. The van der Waals surface area contributed by atoms with Gasteiger partial charge in [-0.15, -0.1) is 0 Å². The smallest absolute Gasteiger partial charge is 0.0728 e. The number of carboxylic acid groups (broad SMARTS) is 2. The summed E-state index contributed by atoms with van der Waals surface area (Å²) in [4.78, 5) is 21.7. The molecule has 4 nitrogen and oxygen atoms in total. The molecule has 0 bridgehead atoms. The maximum Gasteiger partial charge on any atom is 0.0728 e. The van der Waals surface area contributed by atoms with Crippen LogP contribution >= 0.6 is 0 Å². The number of rotatable bonds is 2. The van der Waals surface area contributed by atoms with E-state index in [1.165, 1.54) is 18.2 Å². The first kappa shape index (κ1) is 13.4. The third-order valence-corrected chi connectivity index (χ3v) is 2.35. The van der Waals surface area contributed by atoms with E-state index < -0.39 is 11.9 Å². The fourth-order valence-electron chi connectivity index (χ4n) is 1.66. The number of carboxylic acids is 2. The molecule has 0 aromatic heterocycles. The second kappa shape index (κ2) is 5.14. The van der Waals surface area contributed by atoms with Crippen molar-refractivity contribution >= 4 is 22.7 Å². The van der Waals surface area contributed by atoms with Gasteiger partial charge in [-0.25, -0.2) is 0 Å². The van der Waals surface area contributed by atoms with Gasteiger partial charge in [0.05, 0.1) is 11.9 Å². The minimum absolute atomic E-state index is 0. The fraction of sp³-hybridized carbons (Fsp3) is 0. The zero-order valence-corrected chi connectivity index (χ0v) is 9.88. The van der Waals surface area contributed by atoms with E-state index in [-0.39, 0.29) is 33.5 Å². The number of fused-ring (bicyclic) bond motifs is 1. The van der Waals surface area contributed by atoms with Gasteiger partial charge in [-0.2, -0.15) is 0 Å². The summed E-state index contributed by atoms with van der Waals surface area (Å²) in [6.07, 6.45) is 0. The Bertz CT molecular complexity index is 592. The van der Waals surface area contributed by atoms with Crippen LogP contribution in [-0.4, -0.2) is 11.9 Å². The van der Waals surface area contributed by atoms with Crippen LogP contribution in [0.3, 0.4) is 0 Å². The number of hydrogen-bond acceptors (Lipinski definition) is 4. The molecule has 2 rings (SSSR count). The van der Waals surface area contributed by atoms with E-state index in [2.05, 4.69) is 0 Å². The van der Waals surface area contributed by atoms with Gasteiger partial charge in [-0.3, -0.25) is 0 Å². The van der Waals surface area contributed by atoms with E-state index in [1.54, 1.807) is 18.2 Å². The molecule has 0 unspecified atom stereocenters. The van der Waals surface area contributed by atoms with Crippen LogP contribution in [0.15, 0.2) is 36.4 Å². The third kappa shape index (κ3) is 2.39. The fourth-order valence-corrected chi connectivity index (χ4v) is 1.66. The molecule has 0 amide bonds. The first-order valence-corrected chi connectivity index (χ1v) is 4.55. The summed E-state index contributed by atoms with van der Waals surface area (Å²) in [5.41, 5.74) is -0.697. The van der Waals surface area contributed by atoms with Crippen LogP contribution in [0.5, 0.6) is 0 Å². The molecule has 0 aliphatic carbocycles. The molecule has 0 spiro atoms. The van der Waals surface area contributed by atoms with E-state index in [4.69, 9.17) is 0 Å². The van der Waals surface area contributed by atoms with Crippen LogP contribution in [-0.2, 0) is 22.4 Å². The van der Waals surface area contributed by atoms with Crippen LogP contribution in [0.2, 0.25) is 0 Å². The van der Waals surface area contributed by atoms with Crippen molar-refractivity contribution in [1.29, 1.82) is 0 Å². The van der Waals surface area contributed by atoms with Crippen molar-refractivity contribution in [2.45, 2.75) is 0 Å². The Morgan fingerprint density at radius 2 is 1.53 bits per heavy atom. The molecule has 5 heteroatoms. The Balaban J connectivity index is 0.00000144. The molecule has 0 aliphatic heterocycles. The Labute approximate surface area is 112 Å². The second-order valence-electron chi connectivity index (χ2n) is 3.28. The summed E-state index contributed by atoms with van der Waals surface area (Å²) in [5.74, 6) is -3.04. The zero-order chi connectivity index (χ0) is 11.7. The van der Waals surface area contributed by atoms with Crippen LogP contribution in [0.4, 0.5) is 0 Å². The molecular weight excluding hydrogens is 316 g/mol.